The summed E-state index contributed by atoms with van der Waals surface area (Å²) in [5.41, 5.74) is 1.70. The third kappa shape index (κ3) is 1.32. The van der Waals surface area contributed by atoms with E-state index in [9.17, 15) is 4.79 Å². The molecule has 0 saturated heterocycles. The van der Waals surface area contributed by atoms with Crippen LogP contribution in [0.25, 0.3) is 0 Å². The standard InChI is InChI=1S/C9H9ClN2O2/c1-5-6-2-3-8(10)11-7(6)4-12(5)9(13)14/h2-3,5H,4H2,1H3,(H,13,14). The lowest BCUT2D eigenvalue weighted by Crippen LogP contribution is -2.26. The molecule has 0 bridgehead atoms. The molecule has 1 aromatic heterocycles. The van der Waals surface area contributed by atoms with Crippen LogP contribution in [0.4, 0.5) is 4.79 Å². The maximum Gasteiger partial charge on any atom is 0.408 e. The molecule has 5 heteroatoms. The van der Waals surface area contributed by atoms with E-state index in [-0.39, 0.29) is 6.04 Å². The SMILES string of the molecule is CC1c2ccc(Cl)nc2CN1C(=O)O. The zero-order valence-corrected chi connectivity index (χ0v) is 8.32. The van der Waals surface area contributed by atoms with Crippen LogP contribution in [-0.2, 0) is 6.54 Å². The van der Waals surface area contributed by atoms with Gasteiger partial charge in [-0.05, 0) is 18.6 Å². The lowest BCUT2D eigenvalue weighted by molar-refractivity contribution is 0.132. The van der Waals surface area contributed by atoms with Gasteiger partial charge in [0.15, 0.2) is 0 Å². The lowest BCUT2D eigenvalue weighted by atomic mass is 10.1. The summed E-state index contributed by atoms with van der Waals surface area (Å²) in [5, 5.41) is 9.30. The van der Waals surface area contributed by atoms with Crippen molar-refractivity contribution in [1.29, 1.82) is 0 Å². The summed E-state index contributed by atoms with van der Waals surface area (Å²) in [7, 11) is 0. The van der Waals surface area contributed by atoms with Crippen molar-refractivity contribution in [3.05, 3.63) is 28.5 Å². The second-order valence-electron chi connectivity index (χ2n) is 3.26. The fourth-order valence-electron chi connectivity index (χ4n) is 1.69. The molecule has 1 amide bonds. The highest BCUT2D eigenvalue weighted by atomic mass is 35.5. The van der Waals surface area contributed by atoms with Crippen molar-refractivity contribution in [2.45, 2.75) is 19.5 Å². The van der Waals surface area contributed by atoms with Gasteiger partial charge in [0.1, 0.15) is 5.15 Å². The molecule has 0 saturated carbocycles. The molecule has 1 atom stereocenters. The molecule has 1 unspecified atom stereocenters. The predicted molar refractivity (Wildman–Crippen MR) is 51.2 cm³/mol. The first-order chi connectivity index (χ1) is 6.59. The fourth-order valence-corrected chi connectivity index (χ4v) is 1.86. The Labute approximate surface area is 86.1 Å². The van der Waals surface area contributed by atoms with E-state index in [4.69, 9.17) is 16.7 Å². The zero-order valence-electron chi connectivity index (χ0n) is 7.57. The molecule has 14 heavy (non-hydrogen) atoms. The zero-order chi connectivity index (χ0) is 10.3. The molecule has 0 aromatic carbocycles. The first-order valence-electron chi connectivity index (χ1n) is 4.24. The van der Waals surface area contributed by atoms with Gasteiger partial charge in [0, 0.05) is 0 Å². The Balaban J connectivity index is 2.40. The number of hydrogen-bond donors (Lipinski definition) is 1. The molecule has 1 aromatic rings. The summed E-state index contributed by atoms with van der Waals surface area (Å²) in [6, 6.07) is 3.38. The van der Waals surface area contributed by atoms with E-state index in [0.717, 1.165) is 11.3 Å². The Morgan fingerprint density at radius 1 is 1.71 bits per heavy atom. The minimum absolute atomic E-state index is 0.132. The largest absolute Gasteiger partial charge is 0.465 e. The van der Waals surface area contributed by atoms with E-state index < -0.39 is 6.09 Å². The van der Waals surface area contributed by atoms with E-state index in [1.54, 1.807) is 6.07 Å². The van der Waals surface area contributed by atoms with Crippen LogP contribution in [0, 0.1) is 0 Å². The Morgan fingerprint density at radius 3 is 3.07 bits per heavy atom. The molecular weight excluding hydrogens is 204 g/mol. The summed E-state index contributed by atoms with van der Waals surface area (Å²) in [5.74, 6) is 0. The minimum Gasteiger partial charge on any atom is -0.465 e. The van der Waals surface area contributed by atoms with Crippen LogP contribution in [-0.4, -0.2) is 21.1 Å². The van der Waals surface area contributed by atoms with Gasteiger partial charge >= 0.3 is 6.09 Å². The first kappa shape index (κ1) is 9.27. The fraction of sp³-hybridized carbons (Fsp3) is 0.333. The van der Waals surface area contributed by atoms with Crippen LogP contribution in [0.2, 0.25) is 5.15 Å². The van der Waals surface area contributed by atoms with E-state index in [2.05, 4.69) is 4.98 Å². The minimum atomic E-state index is -0.924. The molecule has 1 aliphatic rings. The maximum atomic E-state index is 10.8. The lowest BCUT2D eigenvalue weighted by Gasteiger charge is -2.16. The van der Waals surface area contributed by atoms with Crippen LogP contribution in [0.15, 0.2) is 12.1 Å². The summed E-state index contributed by atoms with van der Waals surface area (Å²) >= 11 is 5.72. The molecule has 2 rings (SSSR count). The van der Waals surface area contributed by atoms with Gasteiger partial charge in [-0.2, -0.15) is 0 Å². The number of rotatable bonds is 0. The molecular formula is C9H9ClN2O2. The number of halogens is 1. The number of nitrogens with zero attached hydrogens (tertiary/aromatic N) is 2. The van der Waals surface area contributed by atoms with Crippen LogP contribution in [0.5, 0.6) is 0 Å². The highest BCUT2D eigenvalue weighted by Gasteiger charge is 2.31. The monoisotopic (exact) mass is 212 g/mol. The van der Waals surface area contributed by atoms with Crippen molar-refractivity contribution in [2.24, 2.45) is 0 Å². The summed E-state index contributed by atoms with van der Waals surface area (Å²) < 4.78 is 0. The molecule has 0 radical (unpaired) electrons. The maximum absolute atomic E-state index is 10.8. The normalized spacial score (nSPS) is 19.6. The predicted octanol–water partition coefficient (Wildman–Crippen LogP) is 2.29. The van der Waals surface area contributed by atoms with Gasteiger partial charge in [-0.3, -0.25) is 4.90 Å². The molecule has 1 N–H and O–H groups in total. The molecule has 0 fully saturated rings. The molecule has 2 heterocycles. The summed E-state index contributed by atoms with van der Waals surface area (Å²) in [6.07, 6.45) is -0.924. The number of hydrogen-bond acceptors (Lipinski definition) is 2. The van der Waals surface area contributed by atoms with Crippen LogP contribution < -0.4 is 0 Å². The Hall–Kier alpha value is -1.29. The highest BCUT2D eigenvalue weighted by Crippen LogP contribution is 2.32. The quantitative estimate of drug-likeness (QED) is 0.672. The van der Waals surface area contributed by atoms with E-state index in [1.807, 2.05) is 13.0 Å². The van der Waals surface area contributed by atoms with Gasteiger partial charge < -0.3 is 5.11 Å². The number of aromatic nitrogens is 1. The first-order valence-corrected chi connectivity index (χ1v) is 4.62. The van der Waals surface area contributed by atoms with Gasteiger partial charge in [-0.15, -0.1) is 0 Å². The Bertz CT molecular complexity index is 394. The van der Waals surface area contributed by atoms with Crippen LogP contribution in [0.1, 0.15) is 24.2 Å². The molecule has 0 aliphatic carbocycles. The van der Waals surface area contributed by atoms with Crippen molar-refractivity contribution in [2.75, 3.05) is 0 Å². The topological polar surface area (TPSA) is 53.4 Å². The highest BCUT2D eigenvalue weighted by molar-refractivity contribution is 6.29. The molecule has 74 valence electrons. The number of carboxylic acid groups (broad SMARTS) is 1. The number of carbonyl (C=O) groups is 1. The number of fused-ring (bicyclic) bond motifs is 1. The summed E-state index contributed by atoms with van der Waals surface area (Å²) in [6.45, 7) is 2.17. The average Bonchev–Trinajstić information content (AvgIpc) is 2.43. The van der Waals surface area contributed by atoms with Gasteiger partial charge in [0.2, 0.25) is 0 Å². The van der Waals surface area contributed by atoms with E-state index >= 15 is 0 Å². The van der Waals surface area contributed by atoms with Gasteiger partial charge in [0.25, 0.3) is 0 Å². The van der Waals surface area contributed by atoms with Crippen molar-refractivity contribution in [3.8, 4) is 0 Å². The molecule has 1 aliphatic heterocycles. The van der Waals surface area contributed by atoms with Gasteiger partial charge in [-0.1, -0.05) is 17.7 Å². The van der Waals surface area contributed by atoms with Crippen molar-refractivity contribution in [3.63, 3.8) is 0 Å². The second kappa shape index (κ2) is 3.13. The average molecular weight is 213 g/mol. The van der Waals surface area contributed by atoms with Gasteiger partial charge in [0.05, 0.1) is 18.3 Å². The van der Waals surface area contributed by atoms with E-state index in [0.29, 0.717) is 11.7 Å². The number of pyridine rings is 1. The Morgan fingerprint density at radius 2 is 2.43 bits per heavy atom. The second-order valence-corrected chi connectivity index (χ2v) is 3.64. The molecule has 4 nitrogen and oxygen atoms in total. The molecule has 0 spiro atoms. The van der Waals surface area contributed by atoms with Crippen LogP contribution in [0.3, 0.4) is 0 Å². The third-order valence-electron chi connectivity index (χ3n) is 2.46. The van der Waals surface area contributed by atoms with Crippen molar-refractivity contribution >= 4 is 17.7 Å². The van der Waals surface area contributed by atoms with E-state index in [1.165, 1.54) is 4.90 Å². The third-order valence-corrected chi connectivity index (χ3v) is 2.67. The van der Waals surface area contributed by atoms with Crippen LogP contribution >= 0.6 is 11.6 Å². The summed E-state index contributed by atoms with van der Waals surface area (Å²) in [4.78, 5) is 16.3. The van der Waals surface area contributed by atoms with Crippen molar-refractivity contribution < 1.29 is 9.90 Å². The van der Waals surface area contributed by atoms with Crippen molar-refractivity contribution in [1.82, 2.24) is 9.88 Å². The number of amides is 1. The Kier molecular flexibility index (Phi) is 2.07. The van der Waals surface area contributed by atoms with Gasteiger partial charge in [-0.25, -0.2) is 9.78 Å². The smallest absolute Gasteiger partial charge is 0.408 e.